The molecule has 5 heteroatoms. The van der Waals surface area contributed by atoms with Gasteiger partial charge in [-0.15, -0.1) is 0 Å². The fourth-order valence-electron chi connectivity index (χ4n) is 1.64. The number of halogens is 3. The number of likely N-dealkylation sites (tertiary alicyclic amines) is 1. The summed E-state index contributed by atoms with van der Waals surface area (Å²) in [6.07, 6.45) is -3.76. The average Bonchev–Trinajstić information content (AvgIpc) is 2.47. The highest BCUT2D eigenvalue weighted by Gasteiger charge is 2.30. The van der Waals surface area contributed by atoms with E-state index in [1.165, 1.54) is 0 Å². The average molecular weight is 197 g/mol. The van der Waals surface area contributed by atoms with E-state index < -0.39 is 12.6 Å². The fraction of sp³-hybridized carbons (Fsp3) is 1.00. The Morgan fingerprint density at radius 3 is 2.54 bits per heavy atom. The Morgan fingerprint density at radius 2 is 2.08 bits per heavy atom. The molecule has 1 rings (SSSR count). The lowest BCUT2D eigenvalue weighted by Crippen LogP contribution is -2.21. The van der Waals surface area contributed by atoms with E-state index in [4.69, 9.17) is 5.11 Å². The van der Waals surface area contributed by atoms with Crippen molar-refractivity contribution in [1.29, 1.82) is 0 Å². The lowest BCUT2D eigenvalue weighted by molar-refractivity contribution is -0.137. The second-order valence-corrected chi connectivity index (χ2v) is 3.53. The van der Waals surface area contributed by atoms with E-state index in [1.54, 1.807) is 4.90 Å². The van der Waals surface area contributed by atoms with E-state index in [0.717, 1.165) is 13.0 Å². The molecule has 0 spiro atoms. The quantitative estimate of drug-likeness (QED) is 0.742. The van der Waals surface area contributed by atoms with Gasteiger partial charge in [-0.1, -0.05) is 0 Å². The molecule has 1 atom stereocenters. The summed E-state index contributed by atoms with van der Waals surface area (Å²) in [5.41, 5.74) is 0. The molecule has 13 heavy (non-hydrogen) atoms. The van der Waals surface area contributed by atoms with Gasteiger partial charge in [-0.05, 0) is 18.8 Å². The second-order valence-electron chi connectivity index (χ2n) is 3.53. The van der Waals surface area contributed by atoms with Crippen LogP contribution in [-0.4, -0.2) is 36.0 Å². The van der Waals surface area contributed by atoms with Crippen LogP contribution < -0.4 is 0 Å². The first kappa shape index (κ1) is 10.8. The number of hydrogen-bond acceptors (Lipinski definition) is 2. The molecule has 0 saturated carbocycles. The summed E-state index contributed by atoms with van der Waals surface area (Å²) < 4.78 is 35.5. The fourth-order valence-corrected chi connectivity index (χ4v) is 1.64. The van der Waals surface area contributed by atoms with E-state index in [1.807, 2.05) is 0 Å². The molecule has 0 aromatic heterocycles. The third kappa shape index (κ3) is 3.95. The zero-order valence-corrected chi connectivity index (χ0v) is 7.35. The van der Waals surface area contributed by atoms with E-state index in [2.05, 4.69) is 0 Å². The van der Waals surface area contributed by atoms with Gasteiger partial charge in [-0.25, -0.2) is 0 Å². The standard InChI is InChI=1S/C8H14F3NO/c9-8(10,11)3-1-7-2-4-12(5-7)6-13/h7,13H,1-6H2. The normalized spacial score (nSPS) is 25.4. The Kier molecular flexibility index (Phi) is 3.55. The van der Waals surface area contributed by atoms with Crippen LogP contribution in [-0.2, 0) is 0 Å². The first-order chi connectivity index (χ1) is 6.01. The number of alkyl halides is 3. The van der Waals surface area contributed by atoms with Gasteiger partial charge < -0.3 is 5.11 Å². The molecule has 1 fully saturated rings. The molecule has 0 aromatic carbocycles. The predicted octanol–water partition coefficient (Wildman–Crippen LogP) is 1.60. The molecule has 0 aliphatic carbocycles. The van der Waals surface area contributed by atoms with Crippen LogP contribution in [0.4, 0.5) is 13.2 Å². The molecule has 1 saturated heterocycles. The van der Waals surface area contributed by atoms with Crippen LogP contribution in [0.2, 0.25) is 0 Å². The zero-order valence-electron chi connectivity index (χ0n) is 7.35. The van der Waals surface area contributed by atoms with Gasteiger partial charge in [0.05, 0.1) is 6.73 Å². The Bertz CT molecular complexity index is 160. The number of aliphatic hydroxyl groups is 1. The van der Waals surface area contributed by atoms with Crippen molar-refractivity contribution in [3.8, 4) is 0 Å². The van der Waals surface area contributed by atoms with E-state index in [-0.39, 0.29) is 19.1 Å². The molecule has 1 N–H and O–H groups in total. The third-order valence-corrected chi connectivity index (χ3v) is 2.41. The Hall–Kier alpha value is -0.290. The highest BCUT2D eigenvalue weighted by Crippen LogP contribution is 2.28. The summed E-state index contributed by atoms with van der Waals surface area (Å²) in [7, 11) is 0. The van der Waals surface area contributed by atoms with Crippen molar-refractivity contribution < 1.29 is 18.3 Å². The first-order valence-electron chi connectivity index (χ1n) is 4.41. The maximum atomic E-state index is 11.8. The van der Waals surface area contributed by atoms with Crippen molar-refractivity contribution >= 4 is 0 Å². The summed E-state index contributed by atoms with van der Waals surface area (Å²) in [6.45, 7) is 1.29. The molecule has 0 amide bonds. The molecule has 2 nitrogen and oxygen atoms in total. The minimum atomic E-state index is -4.04. The molecule has 0 radical (unpaired) electrons. The van der Waals surface area contributed by atoms with Crippen LogP contribution in [0.15, 0.2) is 0 Å². The van der Waals surface area contributed by atoms with Gasteiger partial charge in [0, 0.05) is 19.5 Å². The lowest BCUT2D eigenvalue weighted by atomic mass is 10.0. The van der Waals surface area contributed by atoms with Crippen LogP contribution in [0, 0.1) is 5.92 Å². The van der Waals surface area contributed by atoms with Gasteiger partial charge in [0.15, 0.2) is 0 Å². The summed E-state index contributed by atoms with van der Waals surface area (Å²) in [4.78, 5) is 1.76. The lowest BCUT2D eigenvalue weighted by Gasteiger charge is -2.13. The number of hydrogen-bond donors (Lipinski definition) is 1. The van der Waals surface area contributed by atoms with Gasteiger partial charge in [0.25, 0.3) is 0 Å². The zero-order chi connectivity index (χ0) is 9.90. The van der Waals surface area contributed by atoms with Gasteiger partial charge in [-0.2, -0.15) is 13.2 Å². The monoisotopic (exact) mass is 197 g/mol. The summed E-state index contributed by atoms with van der Waals surface area (Å²) in [6, 6.07) is 0. The molecule has 1 aliphatic rings. The molecular formula is C8H14F3NO. The van der Waals surface area contributed by atoms with Gasteiger partial charge in [-0.3, -0.25) is 4.90 Å². The van der Waals surface area contributed by atoms with Crippen molar-refractivity contribution in [1.82, 2.24) is 4.90 Å². The minimum absolute atomic E-state index is 0.0392. The topological polar surface area (TPSA) is 23.5 Å². The molecule has 0 bridgehead atoms. The maximum absolute atomic E-state index is 11.8. The molecule has 1 aliphatic heterocycles. The van der Waals surface area contributed by atoms with Crippen molar-refractivity contribution in [3.63, 3.8) is 0 Å². The third-order valence-electron chi connectivity index (χ3n) is 2.41. The van der Waals surface area contributed by atoms with Crippen molar-refractivity contribution in [2.24, 2.45) is 5.92 Å². The Morgan fingerprint density at radius 1 is 1.38 bits per heavy atom. The summed E-state index contributed by atoms with van der Waals surface area (Å²) >= 11 is 0. The molecule has 0 aromatic rings. The van der Waals surface area contributed by atoms with Crippen LogP contribution in [0.25, 0.3) is 0 Å². The largest absolute Gasteiger partial charge is 0.389 e. The van der Waals surface area contributed by atoms with Crippen LogP contribution >= 0.6 is 0 Å². The Labute approximate surface area is 75.3 Å². The van der Waals surface area contributed by atoms with Crippen LogP contribution in [0.3, 0.4) is 0 Å². The van der Waals surface area contributed by atoms with Crippen molar-refractivity contribution in [3.05, 3.63) is 0 Å². The maximum Gasteiger partial charge on any atom is 0.389 e. The van der Waals surface area contributed by atoms with Gasteiger partial charge in [0.1, 0.15) is 0 Å². The van der Waals surface area contributed by atoms with E-state index >= 15 is 0 Å². The molecule has 78 valence electrons. The second kappa shape index (κ2) is 4.28. The van der Waals surface area contributed by atoms with E-state index in [0.29, 0.717) is 6.54 Å². The Balaban J connectivity index is 2.17. The van der Waals surface area contributed by atoms with Crippen molar-refractivity contribution in [2.45, 2.75) is 25.4 Å². The predicted molar refractivity (Wildman–Crippen MR) is 42.1 cm³/mol. The number of rotatable bonds is 3. The van der Waals surface area contributed by atoms with E-state index in [9.17, 15) is 13.2 Å². The first-order valence-corrected chi connectivity index (χ1v) is 4.41. The van der Waals surface area contributed by atoms with Crippen LogP contribution in [0.5, 0.6) is 0 Å². The highest BCUT2D eigenvalue weighted by molar-refractivity contribution is 4.74. The SMILES string of the molecule is OCN1CCC(CCC(F)(F)F)C1. The number of aliphatic hydroxyl groups excluding tert-OH is 1. The molecule has 1 unspecified atom stereocenters. The highest BCUT2D eigenvalue weighted by atomic mass is 19.4. The van der Waals surface area contributed by atoms with Gasteiger partial charge in [0.2, 0.25) is 0 Å². The van der Waals surface area contributed by atoms with Crippen LogP contribution in [0.1, 0.15) is 19.3 Å². The number of nitrogens with zero attached hydrogens (tertiary/aromatic N) is 1. The molecule has 1 heterocycles. The smallest absolute Gasteiger partial charge is 0.381 e. The summed E-state index contributed by atoms with van der Waals surface area (Å²) in [5.74, 6) is 0.105. The van der Waals surface area contributed by atoms with Crippen molar-refractivity contribution in [2.75, 3.05) is 19.8 Å². The van der Waals surface area contributed by atoms with Gasteiger partial charge >= 0.3 is 6.18 Å². The summed E-state index contributed by atoms with van der Waals surface area (Å²) in [5, 5.41) is 8.72. The minimum Gasteiger partial charge on any atom is -0.381 e. The molecular weight excluding hydrogens is 183 g/mol.